The van der Waals surface area contributed by atoms with Crippen molar-refractivity contribution in [2.24, 2.45) is 0 Å². The lowest BCUT2D eigenvalue weighted by Crippen LogP contribution is -2.28. The van der Waals surface area contributed by atoms with E-state index < -0.39 is 30.3 Å². The molecule has 1 amide bonds. The minimum atomic E-state index is -0.780. The van der Waals surface area contributed by atoms with Crippen molar-refractivity contribution in [3.05, 3.63) is 71.0 Å². The summed E-state index contributed by atoms with van der Waals surface area (Å²) < 4.78 is 22.4. The summed E-state index contributed by atoms with van der Waals surface area (Å²) >= 11 is 0. The SMILES string of the molecule is COC(=O)c1ccc(CNC(=O)COC(=O)c2cccc(F)c2)cc1. The van der Waals surface area contributed by atoms with Crippen molar-refractivity contribution in [3.63, 3.8) is 0 Å². The molecule has 0 saturated carbocycles. The largest absolute Gasteiger partial charge is 0.465 e. The highest BCUT2D eigenvalue weighted by atomic mass is 19.1. The maximum absolute atomic E-state index is 13.0. The van der Waals surface area contributed by atoms with Gasteiger partial charge in [0.25, 0.3) is 5.91 Å². The molecule has 0 aliphatic carbocycles. The normalized spacial score (nSPS) is 10.0. The second-order valence-electron chi connectivity index (χ2n) is 5.05. The monoisotopic (exact) mass is 345 g/mol. The Bertz CT molecular complexity index is 773. The summed E-state index contributed by atoms with van der Waals surface area (Å²) in [5, 5.41) is 2.57. The Balaban J connectivity index is 1.79. The molecule has 0 unspecified atom stereocenters. The summed E-state index contributed by atoms with van der Waals surface area (Å²) in [7, 11) is 1.29. The molecule has 0 radical (unpaired) electrons. The van der Waals surface area contributed by atoms with Crippen molar-refractivity contribution in [1.82, 2.24) is 5.32 Å². The van der Waals surface area contributed by atoms with Crippen molar-refractivity contribution in [3.8, 4) is 0 Å². The van der Waals surface area contributed by atoms with Gasteiger partial charge in [-0.25, -0.2) is 14.0 Å². The predicted molar refractivity (Wildman–Crippen MR) is 86.3 cm³/mol. The Kier molecular flexibility index (Phi) is 6.22. The van der Waals surface area contributed by atoms with Gasteiger partial charge in [0.05, 0.1) is 18.2 Å². The molecule has 0 aliphatic rings. The molecule has 0 saturated heterocycles. The van der Waals surface area contributed by atoms with E-state index in [1.54, 1.807) is 24.3 Å². The van der Waals surface area contributed by atoms with Gasteiger partial charge in [-0.1, -0.05) is 18.2 Å². The van der Waals surface area contributed by atoms with Crippen LogP contribution in [0, 0.1) is 5.82 Å². The number of ether oxygens (including phenoxy) is 2. The van der Waals surface area contributed by atoms with E-state index in [0.717, 1.165) is 11.6 Å². The third-order valence-electron chi connectivity index (χ3n) is 3.26. The van der Waals surface area contributed by atoms with Crippen molar-refractivity contribution < 1.29 is 28.2 Å². The zero-order valence-electron chi connectivity index (χ0n) is 13.5. The second kappa shape index (κ2) is 8.58. The average Bonchev–Trinajstić information content (AvgIpc) is 2.64. The number of carbonyl (C=O) groups excluding carboxylic acids is 3. The van der Waals surface area contributed by atoms with E-state index in [2.05, 4.69) is 10.1 Å². The van der Waals surface area contributed by atoms with Crippen molar-refractivity contribution in [2.45, 2.75) is 6.54 Å². The van der Waals surface area contributed by atoms with Crippen molar-refractivity contribution in [1.29, 1.82) is 0 Å². The van der Waals surface area contributed by atoms with Crippen LogP contribution in [-0.4, -0.2) is 31.6 Å². The molecule has 0 bridgehead atoms. The number of hydrogen-bond donors (Lipinski definition) is 1. The highest BCUT2D eigenvalue weighted by molar-refractivity contribution is 5.91. The van der Waals surface area contributed by atoms with Crippen molar-refractivity contribution in [2.75, 3.05) is 13.7 Å². The summed E-state index contributed by atoms with van der Waals surface area (Å²) in [6.45, 7) is -0.270. The first-order valence-corrected chi connectivity index (χ1v) is 7.36. The molecule has 2 aromatic carbocycles. The Morgan fingerprint density at radius 1 is 1.00 bits per heavy atom. The number of hydrogen-bond acceptors (Lipinski definition) is 5. The molecule has 6 nitrogen and oxygen atoms in total. The van der Waals surface area contributed by atoms with Crippen LogP contribution in [0.3, 0.4) is 0 Å². The Labute approximate surface area is 143 Å². The van der Waals surface area contributed by atoms with Crippen LogP contribution >= 0.6 is 0 Å². The van der Waals surface area contributed by atoms with E-state index >= 15 is 0 Å². The first kappa shape index (κ1) is 18.1. The maximum atomic E-state index is 13.0. The molecule has 0 heterocycles. The van der Waals surface area contributed by atoms with E-state index in [1.165, 1.54) is 25.3 Å². The summed E-state index contributed by atoms with van der Waals surface area (Å²) in [5.74, 6) is -2.28. The molecule has 7 heteroatoms. The second-order valence-corrected chi connectivity index (χ2v) is 5.05. The molecule has 0 spiro atoms. The topological polar surface area (TPSA) is 81.7 Å². The molecular formula is C18H16FNO5. The summed E-state index contributed by atoms with van der Waals surface area (Å²) in [5.41, 5.74) is 1.20. The lowest BCUT2D eigenvalue weighted by molar-refractivity contribution is -0.124. The molecule has 1 N–H and O–H groups in total. The van der Waals surface area contributed by atoms with Crippen LogP contribution in [0.2, 0.25) is 0 Å². The van der Waals surface area contributed by atoms with Gasteiger partial charge >= 0.3 is 11.9 Å². The number of rotatable bonds is 6. The van der Waals surface area contributed by atoms with Gasteiger partial charge in [0.1, 0.15) is 5.82 Å². The molecule has 25 heavy (non-hydrogen) atoms. The van der Waals surface area contributed by atoms with Crippen LogP contribution in [0.4, 0.5) is 4.39 Å². The van der Waals surface area contributed by atoms with Crippen LogP contribution in [-0.2, 0) is 20.8 Å². The highest BCUT2D eigenvalue weighted by Gasteiger charge is 2.11. The number of nitrogens with one attached hydrogen (secondary N) is 1. The fourth-order valence-corrected chi connectivity index (χ4v) is 1.96. The maximum Gasteiger partial charge on any atom is 0.338 e. The number of esters is 2. The quantitative estimate of drug-likeness (QED) is 0.811. The minimum Gasteiger partial charge on any atom is -0.465 e. The molecule has 130 valence electrons. The molecule has 2 rings (SSSR count). The van der Waals surface area contributed by atoms with Gasteiger partial charge < -0.3 is 14.8 Å². The van der Waals surface area contributed by atoms with Crippen LogP contribution in [0.15, 0.2) is 48.5 Å². The van der Waals surface area contributed by atoms with Crippen molar-refractivity contribution >= 4 is 17.8 Å². The van der Waals surface area contributed by atoms with Gasteiger partial charge in [0.15, 0.2) is 6.61 Å². The predicted octanol–water partition coefficient (Wildman–Crippen LogP) is 2.09. The van der Waals surface area contributed by atoms with E-state index in [-0.39, 0.29) is 12.1 Å². The van der Waals surface area contributed by atoms with Crippen LogP contribution < -0.4 is 5.32 Å². The molecular weight excluding hydrogens is 329 g/mol. The molecule has 0 aromatic heterocycles. The number of benzene rings is 2. The molecule has 0 atom stereocenters. The fraction of sp³-hybridized carbons (Fsp3) is 0.167. The number of amides is 1. The summed E-state index contributed by atoms with van der Waals surface area (Å²) in [6, 6.07) is 11.5. The smallest absolute Gasteiger partial charge is 0.338 e. The number of methoxy groups -OCH3 is 1. The van der Waals surface area contributed by atoms with Gasteiger partial charge in [0.2, 0.25) is 0 Å². The van der Waals surface area contributed by atoms with Gasteiger partial charge in [-0.3, -0.25) is 4.79 Å². The highest BCUT2D eigenvalue weighted by Crippen LogP contribution is 2.06. The van der Waals surface area contributed by atoms with Gasteiger partial charge in [0, 0.05) is 6.54 Å². The third kappa shape index (κ3) is 5.42. The van der Waals surface area contributed by atoms with Crippen LogP contribution in [0.25, 0.3) is 0 Å². The van der Waals surface area contributed by atoms with Gasteiger partial charge in [-0.05, 0) is 35.9 Å². The summed E-state index contributed by atoms with van der Waals surface area (Å²) in [6.07, 6.45) is 0. The summed E-state index contributed by atoms with van der Waals surface area (Å²) in [4.78, 5) is 34.7. The van der Waals surface area contributed by atoms with Crippen LogP contribution in [0.1, 0.15) is 26.3 Å². The molecule has 2 aromatic rings. The third-order valence-corrected chi connectivity index (χ3v) is 3.26. The van der Waals surface area contributed by atoms with E-state index in [1.807, 2.05) is 0 Å². The van der Waals surface area contributed by atoms with Crippen LogP contribution in [0.5, 0.6) is 0 Å². The number of halogens is 1. The van der Waals surface area contributed by atoms with Gasteiger partial charge in [-0.2, -0.15) is 0 Å². The fourth-order valence-electron chi connectivity index (χ4n) is 1.96. The zero-order valence-corrected chi connectivity index (χ0v) is 13.5. The Morgan fingerprint density at radius 2 is 1.72 bits per heavy atom. The van der Waals surface area contributed by atoms with Gasteiger partial charge in [-0.15, -0.1) is 0 Å². The molecule has 0 aliphatic heterocycles. The van der Waals surface area contributed by atoms with E-state index in [9.17, 15) is 18.8 Å². The minimum absolute atomic E-state index is 0.0335. The number of carbonyl (C=O) groups is 3. The first-order chi connectivity index (χ1) is 12.0. The Hall–Kier alpha value is -3.22. The standard InChI is InChI=1S/C18H16FNO5/c1-24-17(22)13-7-5-12(6-8-13)10-20-16(21)11-25-18(23)14-3-2-4-15(19)9-14/h2-9H,10-11H2,1H3,(H,20,21). The Morgan fingerprint density at radius 3 is 2.36 bits per heavy atom. The first-order valence-electron chi connectivity index (χ1n) is 7.36. The van der Waals surface area contributed by atoms with E-state index in [4.69, 9.17) is 4.74 Å². The lowest BCUT2D eigenvalue weighted by Gasteiger charge is -2.07. The zero-order chi connectivity index (χ0) is 18.2. The lowest BCUT2D eigenvalue weighted by atomic mass is 10.1. The average molecular weight is 345 g/mol. The van der Waals surface area contributed by atoms with E-state index in [0.29, 0.717) is 5.56 Å². The molecule has 0 fully saturated rings.